The zero-order valence-corrected chi connectivity index (χ0v) is 14.1. The third kappa shape index (κ3) is 4.09. The van der Waals surface area contributed by atoms with Crippen LogP contribution in [-0.4, -0.2) is 22.3 Å². The fourth-order valence-electron chi connectivity index (χ4n) is 1.81. The topological polar surface area (TPSA) is 37.8 Å². The Morgan fingerprint density at radius 1 is 1.35 bits per heavy atom. The van der Waals surface area contributed by atoms with Crippen LogP contribution < -0.4 is 5.32 Å². The Kier molecular flexibility index (Phi) is 6.10. The molecule has 0 spiro atoms. The summed E-state index contributed by atoms with van der Waals surface area (Å²) in [6.07, 6.45) is 2.34. The van der Waals surface area contributed by atoms with Gasteiger partial charge in [0.15, 0.2) is 0 Å². The standard InChI is InChI=1S/C15H23N3S2/c1-4-7-16-14-12-6-8-20-15(12)18-13(17-14)10-19-9-11(3)5-2/h6,8,11H,4-5,7,9-10H2,1-3H3,(H,16,17,18). The van der Waals surface area contributed by atoms with Crippen molar-refractivity contribution in [1.82, 2.24) is 9.97 Å². The van der Waals surface area contributed by atoms with Crippen LogP contribution in [0, 0.1) is 5.92 Å². The summed E-state index contributed by atoms with van der Waals surface area (Å²) in [7, 11) is 0. The molecule has 0 aliphatic rings. The van der Waals surface area contributed by atoms with Crippen molar-refractivity contribution in [3.63, 3.8) is 0 Å². The SMILES string of the molecule is CCCNc1nc(CSCC(C)CC)nc2sccc12. The zero-order chi connectivity index (χ0) is 14.4. The number of aromatic nitrogens is 2. The molecule has 0 saturated carbocycles. The summed E-state index contributed by atoms with van der Waals surface area (Å²) in [5, 5.41) is 6.66. The summed E-state index contributed by atoms with van der Waals surface area (Å²) in [6, 6.07) is 2.11. The molecule has 0 fully saturated rings. The molecule has 0 bridgehead atoms. The first-order valence-electron chi connectivity index (χ1n) is 7.30. The van der Waals surface area contributed by atoms with Crippen LogP contribution in [0.2, 0.25) is 0 Å². The molecule has 0 amide bonds. The van der Waals surface area contributed by atoms with Gasteiger partial charge in [0.05, 0.1) is 11.1 Å². The minimum atomic E-state index is 0.767. The quantitative estimate of drug-likeness (QED) is 0.760. The van der Waals surface area contributed by atoms with Gasteiger partial charge in [0.1, 0.15) is 16.5 Å². The first-order chi connectivity index (χ1) is 9.74. The first-order valence-corrected chi connectivity index (χ1v) is 9.33. The van der Waals surface area contributed by atoms with E-state index in [0.717, 1.165) is 46.5 Å². The third-order valence-corrected chi connectivity index (χ3v) is 5.32. The van der Waals surface area contributed by atoms with E-state index < -0.39 is 0 Å². The van der Waals surface area contributed by atoms with Crippen LogP contribution in [0.5, 0.6) is 0 Å². The summed E-state index contributed by atoms with van der Waals surface area (Å²) < 4.78 is 0. The molecule has 0 radical (unpaired) electrons. The van der Waals surface area contributed by atoms with Crippen molar-refractivity contribution in [2.75, 3.05) is 17.6 Å². The minimum Gasteiger partial charge on any atom is -0.369 e. The second-order valence-electron chi connectivity index (χ2n) is 5.08. The van der Waals surface area contributed by atoms with Crippen molar-refractivity contribution >= 4 is 39.1 Å². The van der Waals surface area contributed by atoms with Crippen LogP contribution in [0.1, 0.15) is 39.4 Å². The van der Waals surface area contributed by atoms with Gasteiger partial charge >= 0.3 is 0 Å². The molecule has 5 heteroatoms. The smallest absolute Gasteiger partial charge is 0.142 e. The number of thiophene rings is 1. The van der Waals surface area contributed by atoms with Crippen molar-refractivity contribution in [3.8, 4) is 0 Å². The van der Waals surface area contributed by atoms with Gasteiger partial charge in [-0.1, -0.05) is 27.2 Å². The van der Waals surface area contributed by atoms with Gasteiger partial charge in [0, 0.05) is 6.54 Å². The van der Waals surface area contributed by atoms with Crippen LogP contribution in [0.4, 0.5) is 5.82 Å². The lowest BCUT2D eigenvalue weighted by Gasteiger charge is -2.09. The molecule has 0 aliphatic heterocycles. The molecular formula is C15H23N3S2. The maximum atomic E-state index is 4.70. The van der Waals surface area contributed by atoms with E-state index in [1.807, 2.05) is 11.8 Å². The average Bonchev–Trinajstić information content (AvgIpc) is 2.93. The third-order valence-electron chi connectivity index (χ3n) is 3.24. The fourth-order valence-corrected chi connectivity index (χ4v) is 3.66. The highest BCUT2D eigenvalue weighted by Crippen LogP contribution is 2.26. The Bertz CT molecular complexity index is 539. The fraction of sp³-hybridized carbons (Fsp3) is 0.600. The van der Waals surface area contributed by atoms with Crippen LogP contribution in [0.15, 0.2) is 11.4 Å². The number of nitrogens with zero attached hydrogens (tertiary/aromatic N) is 2. The zero-order valence-electron chi connectivity index (χ0n) is 12.5. The van der Waals surface area contributed by atoms with E-state index in [-0.39, 0.29) is 0 Å². The van der Waals surface area contributed by atoms with E-state index in [9.17, 15) is 0 Å². The normalized spacial score (nSPS) is 12.8. The lowest BCUT2D eigenvalue weighted by molar-refractivity contribution is 0.636. The van der Waals surface area contributed by atoms with Gasteiger partial charge in [-0.25, -0.2) is 9.97 Å². The van der Waals surface area contributed by atoms with Crippen molar-refractivity contribution < 1.29 is 0 Å². The highest BCUT2D eigenvalue weighted by Gasteiger charge is 2.09. The molecule has 2 aromatic heterocycles. The maximum Gasteiger partial charge on any atom is 0.142 e. The number of nitrogens with one attached hydrogen (secondary N) is 1. The second-order valence-corrected chi connectivity index (χ2v) is 7.01. The van der Waals surface area contributed by atoms with E-state index >= 15 is 0 Å². The summed E-state index contributed by atoms with van der Waals surface area (Å²) in [6.45, 7) is 7.67. The Balaban J connectivity index is 2.08. The number of thioether (sulfide) groups is 1. The van der Waals surface area contributed by atoms with E-state index in [1.165, 1.54) is 12.2 Å². The Morgan fingerprint density at radius 2 is 2.20 bits per heavy atom. The summed E-state index contributed by atoms with van der Waals surface area (Å²) >= 11 is 3.63. The number of fused-ring (bicyclic) bond motifs is 1. The molecule has 2 aromatic rings. The van der Waals surface area contributed by atoms with Crippen LogP contribution in [-0.2, 0) is 5.75 Å². The van der Waals surface area contributed by atoms with Gasteiger partial charge in [-0.05, 0) is 29.5 Å². The van der Waals surface area contributed by atoms with Crippen LogP contribution >= 0.6 is 23.1 Å². The highest BCUT2D eigenvalue weighted by atomic mass is 32.2. The average molecular weight is 310 g/mol. The maximum absolute atomic E-state index is 4.70. The van der Waals surface area contributed by atoms with Gasteiger partial charge in [-0.15, -0.1) is 11.3 Å². The molecule has 110 valence electrons. The lowest BCUT2D eigenvalue weighted by atomic mass is 10.2. The Morgan fingerprint density at radius 3 is 2.95 bits per heavy atom. The molecule has 0 aliphatic carbocycles. The lowest BCUT2D eigenvalue weighted by Crippen LogP contribution is -2.05. The number of hydrogen-bond acceptors (Lipinski definition) is 5. The highest BCUT2D eigenvalue weighted by molar-refractivity contribution is 7.98. The van der Waals surface area contributed by atoms with Crippen molar-refractivity contribution in [3.05, 3.63) is 17.3 Å². The van der Waals surface area contributed by atoms with E-state index in [2.05, 4.69) is 42.5 Å². The largest absolute Gasteiger partial charge is 0.369 e. The molecule has 1 unspecified atom stereocenters. The molecule has 2 heterocycles. The number of hydrogen-bond donors (Lipinski definition) is 1. The van der Waals surface area contributed by atoms with Crippen LogP contribution in [0.3, 0.4) is 0 Å². The predicted octanol–water partition coefficient (Wildman–Crippen LogP) is 4.79. The van der Waals surface area contributed by atoms with Gasteiger partial charge in [0.2, 0.25) is 0 Å². The van der Waals surface area contributed by atoms with Gasteiger partial charge in [-0.2, -0.15) is 11.8 Å². The second kappa shape index (κ2) is 7.84. The van der Waals surface area contributed by atoms with Crippen molar-refractivity contribution in [2.24, 2.45) is 5.92 Å². The minimum absolute atomic E-state index is 0.767. The van der Waals surface area contributed by atoms with Gasteiger partial charge < -0.3 is 5.32 Å². The molecule has 2 rings (SSSR count). The molecule has 3 nitrogen and oxygen atoms in total. The number of anilines is 1. The molecule has 0 saturated heterocycles. The monoisotopic (exact) mass is 309 g/mol. The van der Waals surface area contributed by atoms with Crippen molar-refractivity contribution in [2.45, 2.75) is 39.4 Å². The van der Waals surface area contributed by atoms with E-state index in [4.69, 9.17) is 4.98 Å². The Labute approximate surface area is 129 Å². The summed E-state index contributed by atoms with van der Waals surface area (Å²) in [4.78, 5) is 10.5. The van der Waals surface area contributed by atoms with E-state index in [1.54, 1.807) is 11.3 Å². The molecule has 1 atom stereocenters. The molecule has 0 aromatic carbocycles. The van der Waals surface area contributed by atoms with Gasteiger partial charge in [0.25, 0.3) is 0 Å². The van der Waals surface area contributed by atoms with Crippen LogP contribution in [0.25, 0.3) is 10.2 Å². The molecule has 1 N–H and O–H groups in total. The van der Waals surface area contributed by atoms with Gasteiger partial charge in [-0.3, -0.25) is 0 Å². The summed E-state index contributed by atoms with van der Waals surface area (Å²) in [5.74, 6) is 4.80. The Hall–Kier alpha value is -0.810. The van der Waals surface area contributed by atoms with E-state index in [0.29, 0.717) is 0 Å². The number of rotatable bonds is 8. The first kappa shape index (κ1) is 15.6. The van der Waals surface area contributed by atoms with Crippen molar-refractivity contribution in [1.29, 1.82) is 0 Å². The predicted molar refractivity (Wildman–Crippen MR) is 91.8 cm³/mol. The molecular weight excluding hydrogens is 286 g/mol. The summed E-state index contributed by atoms with van der Waals surface area (Å²) in [5.41, 5.74) is 0. The molecule has 20 heavy (non-hydrogen) atoms.